The van der Waals surface area contributed by atoms with E-state index in [0.717, 1.165) is 8.95 Å². The first-order chi connectivity index (χ1) is 18.3. The Labute approximate surface area is 243 Å². The van der Waals surface area contributed by atoms with Gasteiger partial charge in [-0.1, -0.05) is 79.3 Å². The molecule has 188 valence electrons. The average Bonchev–Trinajstić information content (AvgIpc) is 2.90. The summed E-state index contributed by atoms with van der Waals surface area (Å²) in [5, 5.41) is 5.48. The SMILES string of the molecule is O=C(Oc1ccc(Br)cc1C=Nn1c(-c2ccc(Br)cc2)nc2ccccc2c1=O)c1ccc(Cl)cc1Cl. The lowest BCUT2D eigenvalue weighted by Gasteiger charge is -2.11. The maximum Gasteiger partial charge on any atom is 0.345 e. The van der Waals surface area contributed by atoms with Crippen LogP contribution in [0.2, 0.25) is 10.0 Å². The van der Waals surface area contributed by atoms with E-state index in [0.29, 0.717) is 32.9 Å². The van der Waals surface area contributed by atoms with Gasteiger partial charge in [-0.3, -0.25) is 4.79 Å². The van der Waals surface area contributed by atoms with E-state index in [1.807, 2.05) is 30.3 Å². The summed E-state index contributed by atoms with van der Waals surface area (Å²) >= 11 is 19.0. The maximum absolute atomic E-state index is 13.5. The van der Waals surface area contributed by atoms with Crippen LogP contribution >= 0.6 is 55.1 Å². The summed E-state index contributed by atoms with van der Waals surface area (Å²) < 4.78 is 8.48. The van der Waals surface area contributed by atoms with Gasteiger partial charge in [-0.05, 0) is 60.7 Å². The second kappa shape index (κ2) is 11.2. The third-order valence-corrected chi connectivity index (χ3v) is 7.06. The minimum atomic E-state index is -0.663. The summed E-state index contributed by atoms with van der Waals surface area (Å²) in [7, 11) is 0. The van der Waals surface area contributed by atoms with Crippen LogP contribution in [0, 0.1) is 0 Å². The highest BCUT2D eigenvalue weighted by Crippen LogP contribution is 2.27. The fourth-order valence-electron chi connectivity index (χ4n) is 3.66. The molecule has 0 aliphatic rings. The molecule has 1 heterocycles. The van der Waals surface area contributed by atoms with Crippen molar-refractivity contribution in [2.75, 3.05) is 0 Å². The maximum atomic E-state index is 13.5. The van der Waals surface area contributed by atoms with Gasteiger partial charge in [0.1, 0.15) is 5.75 Å². The van der Waals surface area contributed by atoms with Gasteiger partial charge in [-0.15, -0.1) is 0 Å². The number of ether oxygens (including phenoxy) is 1. The fourth-order valence-corrected chi connectivity index (χ4v) is 4.79. The molecule has 0 saturated carbocycles. The number of hydrogen-bond donors (Lipinski definition) is 0. The van der Waals surface area contributed by atoms with Crippen molar-refractivity contribution in [3.8, 4) is 17.1 Å². The van der Waals surface area contributed by atoms with E-state index in [2.05, 4.69) is 37.0 Å². The van der Waals surface area contributed by atoms with Crippen molar-refractivity contribution in [3.63, 3.8) is 0 Å². The summed E-state index contributed by atoms with van der Waals surface area (Å²) in [4.78, 5) is 31.0. The van der Waals surface area contributed by atoms with Crippen molar-refractivity contribution in [2.45, 2.75) is 0 Å². The highest BCUT2D eigenvalue weighted by atomic mass is 79.9. The monoisotopic (exact) mass is 669 g/mol. The number of para-hydroxylation sites is 1. The third kappa shape index (κ3) is 5.59. The summed E-state index contributed by atoms with van der Waals surface area (Å²) in [6, 6.07) is 24.0. The van der Waals surface area contributed by atoms with Crippen LogP contribution in [0.3, 0.4) is 0 Å². The first kappa shape index (κ1) is 26.3. The van der Waals surface area contributed by atoms with Crippen LogP contribution in [0.15, 0.2) is 104 Å². The number of nitrogens with zero attached hydrogens (tertiary/aromatic N) is 3. The van der Waals surface area contributed by atoms with E-state index in [9.17, 15) is 9.59 Å². The number of hydrogen-bond acceptors (Lipinski definition) is 5. The number of aromatic nitrogens is 2. The molecule has 4 aromatic carbocycles. The smallest absolute Gasteiger partial charge is 0.345 e. The van der Waals surface area contributed by atoms with Crippen molar-refractivity contribution in [1.82, 2.24) is 9.66 Å². The zero-order valence-electron chi connectivity index (χ0n) is 19.2. The van der Waals surface area contributed by atoms with Gasteiger partial charge >= 0.3 is 5.97 Å². The molecule has 0 atom stereocenters. The van der Waals surface area contributed by atoms with E-state index in [1.54, 1.807) is 42.5 Å². The highest BCUT2D eigenvalue weighted by Gasteiger charge is 2.16. The van der Waals surface area contributed by atoms with Crippen LogP contribution in [0.5, 0.6) is 5.75 Å². The first-order valence-electron chi connectivity index (χ1n) is 11.1. The van der Waals surface area contributed by atoms with Crippen LogP contribution in [-0.4, -0.2) is 21.8 Å². The van der Waals surface area contributed by atoms with Crippen LogP contribution < -0.4 is 10.3 Å². The van der Waals surface area contributed by atoms with Crippen molar-refractivity contribution < 1.29 is 9.53 Å². The van der Waals surface area contributed by atoms with Gasteiger partial charge in [-0.25, -0.2) is 9.78 Å². The summed E-state index contributed by atoms with van der Waals surface area (Å²) in [6.45, 7) is 0. The summed E-state index contributed by atoms with van der Waals surface area (Å²) in [5.74, 6) is -0.0809. The molecule has 0 saturated heterocycles. The quantitative estimate of drug-likeness (QED) is 0.108. The molecule has 0 unspecified atom stereocenters. The zero-order valence-corrected chi connectivity index (χ0v) is 23.9. The van der Waals surface area contributed by atoms with Crippen molar-refractivity contribution in [1.29, 1.82) is 0 Å². The molecule has 0 radical (unpaired) electrons. The van der Waals surface area contributed by atoms with Gasteiger partial charge in [-0.2, -0.15) is 9.78 Å². The molecule has 6 nitrogen and oxygen atoms in total. The third-order valence-electron chi connectivity index (χ3n) is 5.49. The Morgan fingerprint density at radius 1 is 0.921 bits per heavy atom. The lowest BCUT2D eigenvalue weighted by Crippen LogP contribution is -2.20. The molecular formula is C28H15Br2Cl2N3O3. The molecule has 0 N–H and O–H groups in total. The predicted octanol–water partition coefficient (Wildman–Crippen LogP) is 8.00. The van der Waals surface area contributed by atoms with Gasteiger partial charge < -0.3 is 4.74 Å². The number of benzene rings is 4. The number of fused-ring (bicyclic) bond motifs is 1. The minimum absolute atomic E-state index is 0.161. The van der Waals surface area contributed by atoms with E-state index in [-0.39, 0.29) is 21.9 Å². The van der Waals surface area contributed by atoms with Gasteiger partial charge in [0, 0.05) is 25.1 Å². The van der Waals surface area contributed by atoms with E-state index in [1.165, 1.54) is 23.0 Å². The molecule has 0 amide bonds. The van der Waals surface area contributed by atoms with Gasteiger partial charge in [0.25, 0.3) is 5.56 Å². The normalized spacial score (nSPS) is 11.3. The highest BCUT2D eigenvalue weighted by molar-refractivity contribution is 9.10. The Morgan fingerprint density at radius 2 is 1.66 bits per heavy atom. The molecule has 0 spiro atoms. The predicted molar refractivity (Wildman–Crippen MR) is 158 cm³/mol. The second-order valence-electron chi connectivity index (χ2n) is 8.02. The Hall–Kier alpha value is -3.30. The second-order valence-corrected chi connectivity index (χ2v) is 10.7. The Bertz CT molecular complexity index is 1790. The summed E-state index contributed by atoms with van der Waals surface area (Å²) in [6.07, 6.45) is 1.44. The molecule has 38 heavy (non-hydrogen) atoms. The zero-order chi connectivity index (χ0) is 26.8. The average molecular weight is 672 g/mol. The topological polar surface area (TPSA) is 73.5 Å². The molecule has 5 rings (SSSR count). The number of rotatable bonds is 5. The van der Waals surface area contributed by atoms with Crippen LogP contribution in [0.4, 0.5) is 0 Å². The van der Waals surface area contributed by atoms with Crippen molar-refractivity contribution >= 4 is 78.1 Å². The van der Waals surface area contributed by atoms with Gasteiger partial charge in [0.15, 0.2) is 5.82 Å². The molecule has 0 fully saturated rings. The van der Waals surface area contributed by atoms with E-state index < -0.39 is 5.97 Å². The molecule has 1 aromatic heterocycles. The Kier molecular flexibility index (Phi) is 7.76. The molecular weight excluding hydrogens is 657 g/mol. The number of carbonyl (C=O) groups is 1. The molecule has 0 aliphatic carbocycles. The van der Waals surface area contributed by atoms with Crippen molar-refractivity contribution in [3.05, 3.63) is 125 Å². The van der Waals surface area contributed by atoms with Gasteiger partial charge in [0.05, 0.1) is 27.7 Å². The number of halogens is 4. The minimum Gasteiger partial charge on any atom is -0.422 e. The number of esters is 1. The Balaban J connectivity index is 1.59. The van der Waals surface area contributed by atoms with Crippen molar-refractivity contribution in [2.24, 2.45) is 5.10 Å². The van der Waals surface area contributed by atoms with Crippen LogP contribution in [-0.2, 0) is 0 Å². The van der Waals surface area contributed by atoms with Gasteiger partial charge in [0.2, 0.25) is 0 Å². The lowest BCUT2D eigenvalue weighted by atomic mass is 10.2. The van der Waals surface area contributed by atoms with Crippen LogP contribution in [0.1, 0.15) is 15.9 Å². The molecule has 10 heteroatoms. The first-order valence-corrected chi connectivity index (χ1v) is 13.4. The summed E-state index contributed by atoms with van der Waals surface area (Å²) in [5.41, 5.74) is 1.52. The lowest BCUT2D eigenvalue weighted by molar-refractivity contribution is 0.0734. The number of carbonyl (C=O) groups excluding carboxylic acids is 1. The molecule has 5 aromatic rings. The molecule has 0 bridgehead atoms. The van der Waals surface area contributed by atoms with Crippen LogP contribution in [0.25, 0.3) is 22.3 Å². The van der Waals surface area contributed by atoms with E-state index in [4.69, 9.17) is 32.9 Å². The molecule has 0 aliphatic heterocycles. The standard InChI is InChI=1S/C28H15Br2Cl2N3O3/c29-18-7-5-16(6-8-18)26-34-24-4-2-1-3-22(24)27(36)35(26)33-15-17-13-19(30)9-12-25(17)38-28(37)21-11-10-20(31)14-23(21)32/h1-15H. The largest absolute Gasteiger partial charge is 0.422 e. The fraction of sp³-hybridized carbons (Fsp3) is 0. The van der Waals surface area contributed by atoms with E-state index >= 15 is 0 Å². The Morgan fingerprint density at radius 3 is 2.42 bits per heavy atom.